The lowest BCUT2D eigenvalue weighted by Gasteiger charge is -2.12. The van der Waals surface area contributed by atoms with Gasteiger partial charge in [0.25, 0.3) is 0 Å². The molecule has 4 nitrogen and oxygen atoms in total. The summed E-state index contributed by atoms with van der Waals surface area (Å²) in [6.07, 6.45) is 3.70. The summed E-state index contributed by atoms with van der Waals surface area (Å²) in [4.78, 5) is 5.58. The van der Waals surface area contributed by atoms with Crippen LogP contribution in [-0.2, 0) is 6.54 Å². The summed E-state index contributed by atoms with van der Waals surface area (Å²) in [5, 5.41) is 12.8. The molecule has 0 spiro atoms. The maximum absolute atomic E-state index is 4.37. The molecule has 0 aliphatic heterocycles. The van der Waals surface area contributed by atoms with Crippen LogP contribution in [0.4, 0.5) is 0 Å². The monoisotopic (exact) mass is 284 g/mol. The molecule has 0 aliphatic rings. The van der Waals surface area contributed by atoms with Gasteiger partial charge in [-0.2, -0.15) is 5.10 Å². The summed E-state index contributed by atoms with van der Waals surface area (Å²) >= 11 is 1.71. The Labute approximate surface area is 121 Å². The van der Waals surface area contributed by atoms with Gasteiger partial charge in [-0.1, -0.05) is 12.1 Å². The number of H-pyrrole nitrogens is 1. The Kier molecular flexibility index (Phi) is 3.90. The molecule has 102 valence electrons. The van der Waals surface area contributed by atoms with E-state index in [1.165, 1.54) is 10.4 Å². The number of nitrogens with one attached hydrogen (secondary N) is 2. The molecule has 0 bridgehead atoms. The van der Waals surface area contributed by atoms with Crippen molar-refractivity contribution in [3.63, 3.8) is 0 Å². The fraction of sp³-hybridized carbons (Fsp3) is 0.200. The first kappa shape index (κ1) is 13.0. The lowest BCUT2D eigenvalue weighted by atomic mass is 10.2. The van der Waals surface area contributed by atoms with Crippen LogP contribution in [0.3, 0.4) is 0 Å². The maximum Gasteiger partial charge on any atom is 0.0794 e. The number of hydrogen-bond acceptors (Lipinski definition) is 4. The second kappa shape index (κ2) is 5.98. The normalized spacial score (nSPS) is 12.4. The summed E-state index contributed by atoms with van der Waals surface area (Å²) in [6.45, 7) is 2.88. The van der Waals surface area contributed by atoms with Gasteiger partial charge in [-0.15, -0.1) is 11.3 Å². The van der Waals surface area contributed by atoms with Crippen LogP contribution in [-0.4, -0.2) is 15.2 Å². The fourth-order valence-corrected chi connectivity index (χ4v) is 2.83. The van der Waals surface area contributed by atoms with Crippen molar-refractivity contribution < 1.29 is 0 Å². The van der Waals surface area contributed by atoms with Crippen molar-refractivity contribution in [1.82, 2.24) is 20.5 Å². The Bertz CT molecular complexity index is 646. The minimum absolute atomic E-state index is 0.210. The van der Waals surface area contributed by atoms with Crippen LogP contribution in [0.1, 0.15) is 24.2 Å². The Morgan fingerprint density at radius 1 is 1.30 bits per heavy atom. The molecule has 0 aromatic carbocycles. The molecule has 3 aromatic heterocycles. The highest BCUT2D eigenvalue weighted by atomic mass is 32.1. The van der Waals surface area contributed by atoms with E-state index in [9.17, 15) is 0 Å². The maximum atomic E-state index is 4.37. The molecule has 0 amide bonds. The zero-order valence-corrected chi connectivity index (χ0v) is 12.0. The predicted octanol–water partition coefficient (Wildman–Crippen LogP) is 3.38. The zero-order chi connectivity index (χ0) is 13.8. The molecule has 5 heteroatoms. The standard InChI is InChI=1S/C15H16N4S/c1-11(13-5-2-3-7-16-13)17-9-12-10-18-19-15(12)14-6-4-8-20-14/h2-8,10-11,17H,9H2,1H3,(H,18,19)/t11-/m1/s1. The average Bonchev–Trinajstić information content (AvgIpc) is 3.16. The van der Waals surface area contributed by atoms with Crippen molar-refractivity contribution in [1.29, 1.82) is 0 Å². The molecule has 0 saturated heterocycles. The molecular weight excluding hydrogens is 268 g/mol. The van der Waals surface area contributed by atoms with Crippen LogP contribution in [0, 0.1) is 0 Å². The Balaban J connectivity index is 1.69. The van der Waals surface area contributed by atoms with Crippen molar-refractivity contribution in [3.05, 3.63) is 59.4 Å². The van der Waals surface area contributed by atoms with Gasteiger partial charge in [0.15, 0.2) is 0 Å². The third-order valence-corrected chi connectivity index (χ3v) is 4.10. The number of aromatic amines is 1. The summed E-state index contributed by atoms with van der Waals surface area (Å²) in [6, 6.07) is 10.3. The van der Waals surface area contributed by atoms with Gasteiger partial charge >= 0.3 is 0 Å². The molecule has 3 rings (SSSR count). The average molecular weight is 284 g/mol. The molecule has 2 N–H and O–H groups in total. The lowest BCUT2D eigenvalue weighted by molar-refractivity contribution is 0.562. The van der Waals surface area contributed by atoms with Crippen LogP contribution in [0.15, 0.2) is 48.1 Å². The van der Waals surface area contributed by atoms with E-state index in [4.69, 9.17) is 0 Å². The molecule has 0 unspecified atom stereocenters. The van der Waals surface area contributed by atoms with E-state index in [-0.39, 0.29) is 6.04 Å². The van der Waals surface area contributed by atoms with E-state index in [0.29, 0.717) is 0 Å². The highest BCUT2D eigenvalue weighted by Gasteiger charge is 2.11. The second-order valence-electron chi connectivity index (χ2n) is 4.60. The first-order valence-corrected chi connectivity index (χ1v) is 7.43. The number of nitrogens with zero attached hydrogens (tertiary/aromatic N) is 2. The summed E-state index contributed by atoms with van der Waals surface area (Å²) < 4.78 is 0. The first-order chi connectivity index (χ1) is 9.84. The Hall–Kier alpha value is -1.98. The lowest BCUT2D eigenvalue weighted by Crippen LogP contribution is -2.19. The van der Waals surface area contributed by atoms with Crippen molar-refractivity contribution in [3.8, 4) is 10.6 Å². The van der Waals surface area contributed by atoms with Gasteiger partial charge in [0.1, 0.15) is 0 Å². The van der Waals surface area contributed by atoms with Crippen LogP contribution in [0.2, 0.25) is 0 Å². The molecular formula is C15H16N4S. The minimum Gasteiger partial charge on any atom is -0.305 e. The molecule has 20 heavy (non-hydrogen) atoms. The highest BCUT2D eigenvalue weighted by molar-refractivity contribution is 7.13. The van der Waals surface area contributed by atoms with Crippen LogP contribution in [0.5, 0.6) is 0 Å². The molecule has 0 saturated carbocycles. The Morgan fingerprint density at radius 3 is 3.00 bits per heavy atom. The number of pyridine rings is 1. The van der Waals surface area contributed by atoms with Crippen molar-refractivity contribution in [2.75, 3.05) is 0 Å². The second-order valence-corrected chi connectivity index (χ2v) is 5.55. The quantitative estimate of drug-likeness (QED) is 0.755. The predicted molar refractivity (Wildman–Crippen MR) is 81.4 cm³/mol. The molecule has 0 aliphatic carbocycles. The Morgan fingerprint density at radius 2 is 2.25 bits per heavy atom. The molecule has 3 heterocycles. The van der Waals surface area contributed by atoms with Crippen LogP contribution in [0.25, 0.3) is 10.6 Å². The SMILES string of the molecule is C[C@@H](NCc1cn[nH]c1-c1cccs1)c1ccccn1. The third kappa shape index (κ3) is 2.79. The van der Waals surface area contributed by atoms with Crippen LogP contribution >= 0.6 is 11.3 Å². The van der Waals surface area contributed by atoms with E-state index in [1.54, 1.807) is 11.3 Å². The van der Waals surface area contributed by atoms with E-state index in [0.717, 1.165) is 17.9 Å². The topological polar surface area (TPSA) is 53.6 Å². The van der Waals surface area contributed by atoms with Gasteiger partial charge < -0.3 is 5.32 Å². The van der Waals surface area contributed by atoms with Crippen LogP contribution < -0.4 is 5.32 Å². The van der Waals surface area contributed by atoms with E-state index in [2.05, 4.69) is 44.9 Å². The molecule has 0 radical (unpaired) electrons. The largest absolute Gasteiger partial charge is 0.305 e. The highest BCUT2D eigenvalue weighted by Crippen LogP contribution is 2.26. The van der Waals surface area contributed by atoms with E-state index >= 15 is 0 Å². The van der Waals surface area contributed by atoms with Gasteiger partial charge in [-0.3, -0.25) is 10.1 Å². The van der Waals surface area contributed by atoms with Gasteiger partial charge in [0.05, 0.1) is 22.5 Å². The number of aromatic nitrogens is 3. The number of hydrogen-bond donors (Lipinski definition) is 2. The fourth-order valence-electron chi connectivity index (χ4n) is 2.08. The number of rotatable bonds is 5. The summed E-state index contributed by atoms with van der Waals surface area (Å²) in [5.41, 5.74) is 3.32. The van der Waals surface area contributed by atoms with Crippen molar-refractivity contribution in [2.24, 2.45) is 0 Å². The summed E-state index contributed by atoms with van der Waals surface area (Å²) in [7, 11) is 0. The molecule has 0 fully saturated rings. The van der Waals surface area contributed by atoms with Gasteiger partial charge in [-0.05, 0) is 30.5 Å². The van der Waals surface area contributed by atoms with Gasteiger partial charge in [0.2, 0.25) is 0 Å². The zero-order valence-electron chi connectivity index (χ0n) is 11.2. The van der Waals surface area contributed by atoms with Gasteiger partial charge in [-0.25, -0.2) is 0 Å². The van der Waals surface area contributed by atoms with E-state index in [1.807, 2.05) is 30.6 Å². The smallest absolute Gasteiger partial charge is 0.0794 e. The van der Waals surface area contributed by atoms with Crippen molar-refractivity contribution in [2.45, 2.75) is 19.5 Å². The number of thiophene rings is 1. The minimum atomic E-state index is 0.210. The third-order valence-electron chi connectivity index (χ3n) is 3.22. The molecule has 1 atom stereocenters. The van der Waals surface area contributed by atoms with E-state index < -0.39 is 0 Å². The summed E-state index contributed by atoms with van der Waals surface area (Å²) in [5.74, 6) is 0. The first-order valence-electron chi connectivity index (χ1n) is 6.55. The van der Waals surface area contributed by atoms with Gasteiger partial charge in [0, 0.05) is 24.3 Å². The molecule has 3 aromatic rings. The van der Waals surface area contributed by atoms with Crippen molar-refractivity contribution >= 4 is 11.3 Å².